The summed E-state index contributed by atoms with van der Waals surface area (Å²) >= 11 is 0. The van der Waals surface area contributed by atoms with E-state index in [-0.39, 0.29) is 5.82 Å². The van der Waals surface area contributed by atoms with Crippen molar-refractivity contribution in [3.05, 3.63) is 118 Å². The summed E-state index contributed by atoms with van der Waals surface area (Å²) < 4.78 is 13.7. The van der Waals surface area contributed by atoms with Gasteiger partial charge < -0.3 is 10.0 Å². The first-order chi connectivity index (χ1) is 18.4. The molecule has 38 heavy (non-hydrogen) atoms. The maximum Gasteiger partial charge on any atom is 0.141 e. The average molecular weight is 508 g/mol. The molecule has 5 heteroatoms. The molecular formula is C33H34FN3O. The predicted molar refractivity (Wildman–Crippen MR) is 153 cm³/mol. The monoisotopic (exact) mass is 507 g/mol. The van der Waals surface area contributed by atoms with Crippen LogP contribution in [0.1, 0.15) is 61.3 Å². The van der Waals surface area contributed by atoms with Crippen LogP contribution in [0.4, 0.5) is 4.39 Å². The topological polar surface area (TPSA) is 48.7 Å². The molecular weight excluding hydrogens is 473 g/mol. The fourth-order valence-corrected chi connectivity index (χ4v) is 5.33. The number of benzene rings is 2. The number of aliphatic hydroxyl groups excluding tert-OH is 1. The Kier molecular flexibility index (Phi) is 7.54. The fraction of sp³-hybridized carbons (Fsp3) is 0.273. The number of allylic oxidation sites excluding steroid dienone is 4. The van der Waals surface area contributed by atoms with E-state index >= 15 is 0 Å². The van der Waals surface area contributed by atoms with E-state index in [0.717, 1.165) is 77.1 Å². The number of rotatable bonds is 6. The van der Waals surface area contributed by atoms with Gasteiger partial charge in [-0.1, -0.05) is 43.7 Å². The zero-order valence-corrected chi connectivity index (χ0v) is 22.3. The summed E-state index contributed by atoms with van der Waals surface area (Å²) in [6.45, 7) is 7.04. The second kappa shape index (κ2) is 11.2. The van der Waals surface area contributed by atoms with Crippen LogP contribution in [0.3, 0.4) is 0 Å². The van der Waals surface area contributed by atoms with Crippen LogP contribution in [0, 0.1) is 19.7 Å². The van der Waals surface area contributed by atoms with Gasteiger partial charge in [0.1, 0.15) is 11.7 Å². The molecule has 3 aromatic rings. The largest absolute Gasteiger partial charge is 0.512 e. The van der Waals surface area contributed by atoms with E-state index in [1.54, 1.807) is 12.3 Å². The molecule has 0 bridgehead atoms. The van der Waals surface area contributed by atoms with Crippen LogP contribution in [0.15, 0.2) is 95.1 Å². The molecule has 0 fully saturated rings. The van der Waals surface area contributed by atoms with Gasteiger partial charge in [-0.2, -0.15) is 0 Å². The van der Waals surface area contributed by atoms with Crippen molar-refractivity contribution in [3.63, 3.8) is 0 Å². The molecule has 1 aliphatic carbocycles. The van der Waals surface area contributed by atoms with E-state index in [1.807, 2.05) is 31.3 Å². The number of hydrogen-bond acceptors (Lipinski definition) is 3. The summed E-state index contributed by atoms with van der Waals surface area (Å²) in [5.41, 5.74) is 9.50. The van der Waals surface area contributed by atoms with Gasteiger partial charge in [-0.3, -0.25) is 4.98 Å². The molecule has 1 N–H and O–H groups in total. The highest BCUT2D eigenvalue weighted by Crippen LogP contribution is 2.36. The first-order valence-corrected chi connectivity index (χ1v) is 13.4. The van der Waals surface area contributed by atoms with Gasteiger partial charge >= 0.3 is 0 Å². The molecule has 4 nitrogen and oxygen atoms in total. The Labute approximate surface area is 224 Å². The Balaban J connectivity index is 1.64. The van der Waals surface area contributed by atoms with Crippen molar-refractivity contribution in [3.8, 4) is 11.1 Å². The average Bonchev–Trinajstić information content (AvgIpc) is 3.32. The van der Waals surface area contributed by atoms with Crippen molar-refractivity contribution < 1.29 is 9.50 Å². The molecule has 2 aliphatic rings. The SMILES string of the molecule is CCC/C=C(/N=C(c1ccc(-c2ccc(F)cc2C)cc1C)N1CCC2=C1CCC(O)=C2)c1cccnc1. The van der Waals surface area contributed by atoms with Gasteiger partial charge in [0.2, 0.25) is 0 Å². The lowest BCUT2D eigenvalue weighted by Crippen LogP contribution is -2.30. The van der Waals surface area contributed by atoms with Crippen molar-refractivity contribution >= 4 is 11.5 Å². The van der Waals surface area contributed by atoms with Crippen LogP contribution in [0.2, 0.25) is 0 Å². The first kappa shape index (κ1) is 25.7. The van der Waals surface area contributed by atoms with Crippen molar-refractivity contribution in [1.29, 1.82) is 0 Å². The molecule has 0 unspecified atom stereocenters. The van der Waals surface area contributed by atoms with Crippen molar-refractivity contribution in [2.24, 2.45) is 4.99 Å². The number of halogens is 1. The molecule has 0 saturated heterocycles. The van der Waals surface area contributed by atoms with Crippen molar-refractivity contribution in [2.75, 3.05) is 6.54 Å². The minimum Gasteiger partial charge on any atom is -0.512 e. The molecule has 0 saturated carbocycles. The number of nitrogens with zero attached hydrogens (tertiary/aromatic N) is 3. The molecule has 2 heterocycles. The fourth-order valence-electron chi connectivity index (χ4n) is 5.33. The molecule has 0 spiro atoms. The molecule has 0 amide bonds. The number of aliphatic hydroxyl groups is 1. The van der Waals surface area contributed by atoms with E-state index in [0.29, 0.717) is 12.2 Å². The Morgan fingerprint density at radius 2 is 1.95 bits per heavy atom. The molecule has 0 radical (unpaired) electrons. The van der Waals surface area contributed by atoms with Gasteiger partial charge in [0.05, 0.1) is 11.5 Å². The highest BCUT2D eigenvalue weighted by atomic mass is 19.1. The summed E-state index contributed by atoms with van der Waals surface area (Å²) in [7, 11) is 0. The summed E-state index contributed by atoms with van der Waals surface area (Å²) in [5, 5.41) is 10.2. The summed E-state index contributed by atoms with van der Waals surface area (Å²) in [6.07, 6.45) is 12.0. The molecule has 1 aromatic heterocycles. The molecule has 1 aliphatic heterocycles. The second-order valence-corrected chi connectivity index (χ2v) is 10.1. The number of pyridine rings is 1. The number of amidine groups is 1. The standard InChI is InChI=1S/C33H34FN3O/c1-4-5-8-31(26-7-6-16-35-21-26)36-33(37-17-15-25-20-28(38)11-14-32(25)37)30-12-9-24(18-22(30)2)29-13-10-27(34)19-23(29)3/h6-10,12-13,16,18-21,38H,4-5,11,14-15,17H2,1-3H3/b31-8+,36-33?. The molecule has 0 atom stereocenters. The zero-order chi connectivity index (χ0) is 26.6. The van der Waals surface area contributed by atoms with E-state index in [9.17, 15) is 9.50 Å². The van der Waals surface area contributed by atoms with Gasteiger partial charge in [-0.15, -0.1) is 0 Å². The molecule has 2 aromatic carbocycles. The minimum absolute atomic E-state index is 0.221. The summed E-state index contributed by atoms with van der Waals surface area (Å²) in [5.74, 6) is 1.15. The van der Waals surface area contributed by atoms with Crippen LogP contribution >= 0.6 is 0 Å². The Hall–Kier alpha value is -3.99. The lowest BCUT2D eigenvalue weighted by molar-refractivity contribution is 0.379. The predicted octanol–water partition coefficient (Wildman–Crippen LogP) is 8.29. The van der Waals surface area contributed by atoms with Crippen molar-refractivity contribution in [2.45, 2.75) is 52.9 Å². The third-order valence-corrected chi connectivity index (χ3v) is 7.29. The van der Waals surface area contributed by atoms with Crippen LogP contribution in [0.5, 0.6) is 0 Å². The Morgan fingerprint density at radius 3 is 2.68 bits per heavy atom. The maximum atomic E-state index is 13.7. The number of aryl methyl sites for hydroxylation is 2. The van der Waals surface area contributed by atoms with Gasteiger partial charge in [0.15, 0.2) is 0 Å². The van der Waals surface area contributed by atoms with Crippen LogP contribution < -0.4 is 0 Å². The first-order valence-electron chi connectivity index (χ1n) is 13.4. The van der Waals surface area contributed by atoms with E-state index in [4.69, 9.17) is 4.99 Å². The van der Waals surface area contributed by atoms with Crippen molar-refractivity contribution in [1.82, 2.24) is 9.88 Å². The van der Waals surface area contributed by atoms with Crippen LogP contribution in [-0.2, 0) is 0 Å². The zero-order valence-electron chi connectivity index (χ0n) is 22.3. The van der Waals surface area contributed by atoms with E-state index < -0.39 is 0 Å². The van der Waals surface area contributed by atoms with Gasteiger partial charge in [-0.25, -0.2) is 9.38 Å². The highest BCUT2D eigenvalue weighted by Gasteiger charge is 2.29. The number of hydrogen-bond donors (Lipinski definition) is 1. The van der Waals surface area contributed by atoms with E-state index in [2.05, 4.69) is 54.1 Å². The minimum atomic E-state index is -0.221. The normalized spacial score (nSPS) is 16.1. The quantitative estimate of drug-likeness (QED) is 0.270. The van der Waals surface area contributed by atoms with Gasteiger partial charge in [0.25, 0.3) is 0 Å². The Bertz CT molecular complexity index is 1470. The summed E-state index contributed by atoms with van der Waals surface area (Å²) in [4.78, 5) is 12.0. The Morgan fingerprint density at radius 1 is 1.08 bits per heavy atom. The second-order valence-electron chi connectivity index (χ2n) is 10.1. The smallest absolute Gasteiger partial charge is 0.141 e. The lowest BCUT2D eigenvalue weighted by Gasteiger charge is -2.27. The maximum absolute atomic E-state index is 13.7. The number of aromatic nitrogens is 1. The molecule has 194 valence electrons. The summed E-state index contributed by atoms with van der Waals surface area (Å²) in [6, 6.07) is 15.4. The van der Waals surface area contributed by atoms with Gasteiger partial charge in [-0.05, 0) is 91.3 Å². The van der Waals surface area contributed by atoms with E-state index in [1.165, 1.54) is 17.3 Å². The van der Waals surface area contributed by atoms with Gasteiger partial charge in [0, 0.05) is 42.2 Å². The number of unbranched alkanes of at least 4 members (excludes halogenated alkanes) is 1. The van der Waals surface area contributed by atoms with Crippen LogP contribution in [0.25, 0.3) is 16.8 Å². The highest BCUT2D eigenvalue weighted by molar-refractivity contribution is 6.04. The molecule has 5 rings (SSSR count). The van der Waals surface area contributed by atoms with Crippen LogP contribution in [-0.4, -0.2) is 27.4 Å². The lowest BCUT2D eigenvalue weighted by atomic mass is 9.95. The third-order valence-electron chi connectivity index (χ3n) is 7.29. The third kappa shape index (κ3) is 5.33. The number of aliphatic imine (C=N–C) groups is 1.